The van der Waals surface area contributed by atoms with Gasteiger partial charge in [-0.25, -0.2) is 4.98 Å². The van der Waals surface area contributed by atoms with E-state index in [1.165, 1.54) is 0 Å². The van der Waals surface area contributed by atoms with E-state index in [2.05, 4.69) is 40.0 Å². The van der Waals surface area contributed by atoms with Crippen molar-refractivity contribution in [2.24, 2.45) is 0 Å². The lowest BCUT2D eigenvalue weighted by atomic mass is 10.3. The lowest BCUT2D eigenvalue weighted by molar-refractivity contribution is 0.677. The van der Waals surface area contributed by atoms with E-state index < -0.39 is 0 Å². The molecule has 17 heavy (non-hydrogen) atoms. The van der Waals surface area contributed by atoms with Crippen molar-refractivity contribution >= 4 is 11.5 Å². The molecule has 0 bridgehead atoms. The second-order valence-corrected chi connectivity index (χ2v) is 4.01. The molecular formula is C11H14N6. The zero-order valence-corrected chi connectivity index (χ0v) is 9.91. The molecule has 0 saturated heterocycles. The van der Waals surface area contributed by atoms with Crippen LogP contribution in [-0.2, 0) is 0 Å². The third-order valence-electron chi connectivity index (χ3n) is 2.56. The molecule has 2 aromatic rings. The first-order valence-corrected chi connectivity index (χ1v) is 5.52. The normalized spacial score (nSPS) is 10.7. The Kier molecular flexibility index (Phi) is 3.19. The van der Waals surface area contributed by atoms with Gasteiger partial charge in [0.05, 0.1) is 12.5 Å². The van der Waals surface area contributed by atoms with Crippen LogP contribution in [0.2, 0.25) is 0 Å². The summed E-state index contributed by atoms with van der Waals surface area (Å²) >= 11 is 0. The first-order valence-electron chi connectivity index (χ1n) is 5.52. The second-order valence-electron chi connectivity index (χ2n) is 4.01. The van der Waals surface area contributed by atoms with Crippen LogP contribution in [0.1, 0.15) is 20.3 Å². The van der Waals surface area contributed by atoms with Gasteiger partial charge < -0.3 is 4.90 Å². The molecule has 6 nitrogen and oxygen atoms in total. The fourth-order valence-electron chi connectivity index (χ4n) is 1.73. The van der Waals surface area contributed by atoms with E-state index in [1.54, 1.807) is 12.5 Å². The smallest absolute Gasteiger partial charge is 0.203 e. The first kappa shape index (κ1) is 11.3. The number of nitriles is 1. The van der Waals surface area contributed by atoms with E-state index in [9.17, 15) is 0 Å². The molecule has 0 aromatic carbocycles. The van der Waals surface area contributed by atoms with Gasteiger partial charge in [-0.1, -0.05) is 0 Å². The highest BCUT2D eigenvalue weighted by molar-refractivity contribution is 5.63. The van der Waals surface area contributed by atoms with Gasteiger partial charge in [0.15, 0.2) is 5.82 Å². The van der Waals surface area contributed by atoms with E-state index in [0.717, 1.165) is 11.5 Å². The summed E-state index contributed by atoms with van der Waals surface area (Å²) in [6.45, 7) is 4.78. The standard InChI is InChI=1S/C11H14N6/c1-9(2)17(6-3-4-12)10-11-15-14-8-16(11)7-5-13-10/h5,7-9H,3,6H2,1-2H3. The van der Waals surface area contributed by atoms with Crippen LogP contribution in [0.3, 0.4) is 0 Å². The summed E-state index contributed by atoms with van der Waals surface area (Å²) in [4.78, 5) is 6.41. The maximum absolute atomic E-state index is 8.69. The maximum Gasteiger partial charge on any atom is 0.203 e. The van der Waals surface area contributed by atoms with Crippen molar-refractivity contribution in [1.82, 2.24) is 19.6 Å². The highest BCUT2D eigenvalue weighted by atomic mass is 15.3. The zero-order chi connectivity index (χ0) is 12.3. The third-order valence-corrected chi connectivity index (χ3v) is 2.56. The van der Waals surface area contributed by atoms with Crippen molar-refractivity contribution in [3.05, 3.63) is 18.7 Å². The number of rotatable bonds is 4. The summed E-state index contributed by atoms with van der Waals surface area (Å²) in [5.41, 5.74) is 0.721. The zero-order valence-electron chi connectivity index (χ0n) is 9.91. The van der Waals surface area contributed by atoms with Crippen molar-refractivity contribution in [2.75, 3.05) is 11.4 Å². The van der Waals surface area contributed by atoms with Gasteiger partial charge in [-0.3, -0.25) is 4.40 Å². The van der Waals surface area contributed by atoms with Crippen LogP contribution in [0.5, 0.6) is 0 Å². The molecule has 0 spiro atoms. The average Bonchev–Trinajstić information content (AvgIpc) is 2.77. The SMILES string of the molecule is CC(C)N(CCC#N)c1nccn2cnnc12. The van der Waals surface area contributed by atoms with E-state index in [0.29, 0.717) is 13.0 Å². The molecule has 0 unspecified atom stereocenters. The Bertz CT molecular complexity index is 538. The second kappa shape index (κ2) is 4.78. The molecule has 0 fully saturated rings. The predicted octanol–water partition coefficient (Wildman–Crippen LogP) is 1.25. The average molecular weight is 230 g/mol. The highest BCUT2D eigenvalue weighted by Gasteiger charge is 2.16. The van der Waals surface area contributed by atoms with Crippen LogP contribution in [0.25, 0.3) is 5.65 Å². The van der Waals surface area contributed by atoms with Crippen molar-refractivity contribution in [3.63, 3.8) is 0 Å². The molecule has 2 rings (SSSR count). The Labute approximate surface area is 99.5 Å². The Morgan fingerprint density at radius 1 is 1.53 bits per heavy atom. The van der Waals surface area contributed by atoms with Crippen molar-refractivity contribution in [3.8, 4) is 6.07 Å². The summed E-state index contributed by atoms with van der Waals surface area (Å²) in [6, 6.07) is 2.42. The molecule has 88 valence electrons. The summed E-state index contributed by atoms with van der Waals surface area (Å²) in [5, 5.41) is 16.6. The van der Waals surface area contributed by atoms with Gasteiger partial charge in [-0.05, 0) is 13.8 Å². The molecule has 0 aliphatic rings. The molecule has 0 N–H and O–H groups in total. The van der Waals surface area contributed by atoms with Crippen molar-refractivity contribution in [2.45, 2.75) is 26.3 Å². The number of hydrogen-bond acceptors (Lipinski definition) is 5. The van der Waals surface area contributed by atoms with Crippen LogP contribution in [0.15, 0.2) is 18.7 Å². The topological polar surface area (TPSA) is 70.1 Å². The van der Waals surface area contributed by atoms with E-state index in [1.807, 2.05) is 10.6 Å². The van der Waals surface area contributed by atoms with Gasteiger partial charge in [0.25, 0.3) is 0 Å². The molecular weight excluding hydrogens is 216 g/mol. The molecule has 0 radical (unpaired) electrons. The molecule has 2 aromatic heterocycles. The quantitative estimate of drug-likeness (QED) is 0.790. The monoisotopic (exact) mass is 230 g/mol. The van der Waals surface area contributed by atoms with Crippen LogP contribution in [-0.4, -0.2) is 32.2 Å². The van der Waals surface area contributed by atoms with Crippen molar-refractivity contribution < 1.29 is 0 Å². The third kappa shape index (κ3) is 2.18. The fourth-order valence-corrected chi connectivity index (χ4v) is 1.73. The van der Waals surface area contributed by atoms with Crippen LogP contribution >= 0.6 is 0 Å². The summed E-state index contributed by atoms with van der Waals surface area (Å²) in [7, 11) is 0. The lowest BCUT2D eigenvalue weighted by Crippen LogP contribution is -2.32. The minimum Gasteiger partial charge on any atom is -0.350 e. The lowest BCUT2D eigenvalue weighted by Gasteiger charge is -2.26. The van der Waals surface area contributed by atoms with Crippen LogP contribution in [0, 0.1) is 11.3 Å². The molecule has 0 saturated carbocycles. The molecule has 0 amide bonds. The number of anilines is 1. The minimum atomic E-state index is 0.263. The summed E-state index contributed by atoms with van der Waals surface area (Å²) < 4.78 is 1.82. The fraction of sp³-hybridized carbons (Fsp3) is 0.455. The van der Waals surface area contributed by atoms with Crippen molar-refractivity contribution in [1.29, 1.82) is 5.26 Å². The Morgan fingerprint density at radius 2 is 2.35 bits per heavy atom. The molecule has 0 atom stereocenters. The van der Waals surface area contributed by atoms with Gasteiger partial charge in [0.2, 0.25) is 5.65 Å². The number of nitrogens with zero attached hydrogens (tertiary/aromatic N) is 6. The number of hydrogen-bond donors (Lipinski definition) is 0. The predicted molar refractivity (Wildman–Crippen MR) is 63.5 cm³/mol. The highest BCUT2D eigenvalue weighted by Crippen LogP contribution is 2.18. The van der Waals surface area contributed by atoms with Crippen LogP contribution in [0.4, 0.5) is 5.82 Å². The van der Waals surface area contributed by atoms with Gasteiger partial charge in [0, 0.05) is 25.0 Å². The van der Waals surface area contributed by atoms with Gasteiger partial charge in [-0.15, -0.1) is 10.2 Å². The van der Waals surface area contributed by atoms with Gasteiger partial charge in [-0.2, -0.15) is 5.26 Å². The molecule has 6 heteroatoms. The van der Waals surface area contributed by atoms with Gasteiger partial charge in [0.1, 0.15) is 6.33 Å². The Morgan fingerprint density at radius 3 is 3.06 bits per heavy atom. The Hall–Kier alpha value is -2.16. The van der Waals surface area contributed by atoms with E-state index in [-0.39, 0.29) is 6.04 Å². The maximum atomic E-state index is 8.69. The van der Waals surface area contributed by atoms with Gasteiger partial charge >= 0.3 is 0 Å². The minimum absolute atomic E-state index is 0.263. The Balaban J connectivity index is 2.41. The molecule has 0 aliphatic carbocycles. The van der Waals surface area contributed by atoms with E-state index >= 15 is 0 Å². The molecule has 2 heterocycles. The number of aromatic nitrogens is 4. The number of fused-ring (bicyclic) bond motifs is 1. The van der Waals surface area contributed by atoms with Crippen LogP contribution < -0.4 is 4.90 Å². The summed E-state index contributed by atoms with van der Waals surface area (Å²) in [6.07, 6.45) is 5.63. The first-order chi connectivity index (χ1) is 8.24. The molecule has 0 aliphatic heterocycles. The largest absolute Gasteiger partial charge is 0.350 e. The summed E-state index contributed by atoms with van der Waals surface area (Å²) in [5.74, 6) is 0.773. The van der Waals surface area contributed by atoms with E-state index in [4.69, 9.17) is 5.26 Å².